The molecule has 1 aromatic rings. The van der Waals surface area contributed by atoms with Crippen molar-refractivity contribution in [3.8, 4) is 0 Å². The van der Waals surface area contributed by atoms with Crippen molar-refractivity contribution in [3.05, 3.63) is 34.9 Å². The average Bonchev–Trinajstić information content (AvgIpc) is 2.15. The fourth-order valence-electron chi connectivity index (χ4n) is 1.05. The molecule has 0 bridgehead atoms. The number of aliphatic hydroxyl groups is 1. The first-order valence-corrected chi connectivity index (χ1v) is 7.33. The minimum atomic E-state index is -3.33. The Morgan fingerprint density at radius 2 is 1.80 bits per heavy atom. The third-order valence-electron chi connectivity index (χ3n) is 1.87. The molecular formula is C9H10BrClO3S. The van der Waals surface area contributed by atoms with Gasteiger partial charge in [0, 0.05) is 11.3 Å². The van der Waals surface area contributed by atoms with Gasteiger partial charge in [-0.1, -0.05) is 39.7 Å². The van der Waals surface area contributed by atoms with Crippen LogP contribution in [-0.2, 0) is 9.84 Å². The van der Waals surface area contributed by atoms with Crippen molar-refractivity contribution in [3.63, 3.8) is 0 Å². The first kappa shape index (κ1) is 13.0. The molecule has 0 aliphatic rings. The van der Waals surface area contributed by atoms with Crippen LogP contribution in [0, 0.1) is 0 Å². The monoisotopic (exact) mass is 312 g/mol. The van der Waals surface area contributed by atoms with Gasteiger partial charge in [0.05, 0.1) is 0 Å². The van der Waals surface area contributed by atoms with Gasteiger partial charge in [0.25, 0.3) is 0 Å². The third kappa shape index (κ3) is 3.45. The summed E-state index contributed by atoms with van der Waals surface area (Å²) in [5.41, 5.74) is 0.506. The van der Waals surface area contributed by atoms with Gasteiger partial charge in [-0.2, -0.15) is 0 Å². The number of halogens is 2. The highest BCUT2D eigenvalue weighted by molar-refractivity contribution is 9.11. The van der Waals surface area contributed by atoms with Crippen LogP contribution in [-0.4, -0.2) is 23.9 Å². The summed E-state index contributed by atoms with van der Waals surface area (Å²) in [5.74, 6) is 0. The number of rotatable bonds is 3. The molecule has 1 rings (SSSR count). The molecule has 0 heterocycles. The zero-order chi connectivity index (χ0) is 11.6. The maximum absolute atomic E-state index is 11.2. The van der Waals surface area contributed by atoms with Crippen LogP contribution in [0.25, 0.3) is 0 Å². The molecule has 1 N–H and O–H groups in total. The van der Waals surface area contributed by atoms with Crippen LogP contribution in [0.3, 0.4) is 0 Å². The van der Waals surface area contributed by atoms with E-state index in [1.165, 1.54) is 0 Å². The molecule has 3 nitrogen and oxygen atoms in total. The van der Waals surface area contributed by atoms with E-state index in [0.29, 0.717) is 10.6 Å². The third-order valence-corrected chi connectivity index (χ3v) is 5.73. The van der Waals surface area contributed by atoms with E-state index in [9.17, 15) is 13.5 Å². The van der Waals surface area contributed by atoms with E-state index in [0.717, 1.165) is 6.26 Å². The van der Waals surface area contributed by atoms with Crippen LogP contribution < -0.4 is 0 Å². The number of hydrogen-bond donors (Lipinski definition) is 1. The van der Waals surface area contributed by atoms with Crippen LogP contribution in [0.4, 0.5) is 0 Å². The Morgan fingerprint density at radius 1 is 1.33 bits per heavy atom. The molecule has 0 spiro atoms. The number of hydrogen-bond acceptors (Lipinski definition) is 3. The minimum Gasteiger partial charge on any atom is -0.386 e. The lowest BCUT2D eigenvalue weighted by atomic mass is 10.1. The van der Waals surface area contributed by atoms with Crippen LogP contribution >= 0.6 is 27.5 Å². The van der Waals surface area contributed by atoms with Gasteiger partial charge in [-0.25, -0.2) is 8.42 Å². The fourth-order valence-corrected chi connectivity index (χ4v) is 2.10. The lowest BCUT2D eigenvalue weighted by Crippen LogP contribution is -2.21. The quantitative estimate of drug-likeness (QED) is 0.870. The van der Waals surface area contributed by atoms with Gasteiger partial charge < -0.3 is 5.11 Å². The summed E-state index contributed by atoms with van der Waals surface area (Å²) >= 11 is 8.62. The molecule has 1 aromatic carbocycles. The Labute approximate surface area is 102 Å². The van der Waals surface area contributed by atoms with Gasteiger partial charge in [0.1, 0.15) is 10.3 Å². The second-order valence-electron chi connectivity index (χ2n) is 3.18. The van der Waals surface area contributed by atoms with Gasteiger partial charge in [0.15, 0.2) is 9.84 Å². The van der Waals surface area contributed by atoms with Gasteiger partial charge in [-0.3, -0.25) is 0 Å². The Balaban J connectivity index is 2.95. The highest BCUT2D eigenvalue weighted by Gasteiger charge is 2.27. The van der Waals surface area contributed by atoms with Crippen LogP contribution in [0.15, 0.2) is 24.3 Å². The largest absolute Gasteiger partial charge is 0.386 e. The zero-order valence-electron chi connectivity index (χ0n) is 7.89. The van der Waals surface area contributed by atoms with Crippen molar-refractivity contribution in [1.82, 2.24) is 0 Å². The van der Waals surface area contributed by atoms with E-state index in [2.05, 4.69) is 15.9 Å². The molecule has 0 aliphatic carbocycles. The Hall–Kier alpha value is -0.100. The smallest absolute Gasteiger partial charge is 0.163 e. The lowest BCUT2D eigenvalue weighted by molar-refractivity contribution is 0.195. The molecule has 0 radical (unpaired) electrons. The molecule has 0 aromatic heterocycles. The molecule has 0 aliphatic heterocycles. The first-order chi connectivity index (χ1) is 6.82. The Morgan fingerprint density at radius 3 is 2.20 bits per heavy atom. The predicted molar refractivity (Wildman–Crippen MR) is 64.0 cm³/mol. The summed E-state index contributed by atoms with van der Waals surface area (Å²) < 4.78 is 21.4. The summed E-state index contributed by atoms with van der Waals surface area (Å²) in [6, 6.07) is 6.38. The van der Waals surface area contributed by atoms with E-state index in [1.807, 2.05) is 0 Å². The van der Waals surface area contributed by atoms with Crippen LogP contribution in [0.2, 0.25) is 5.02 Å². The Kier molecular flexibility index (Phi) is 4.17. The summed E-state index contributed by atoms with van der Waals surface area (Å²) in [6.07, 6.45) is -0.0387. The second-order valence-corrected chi connectivity index (χ2v) is 7.37. The molecule has 0 amide bonds. The zero-order valence-corrected chi connectivity index (χ0v) is 11.1. The molecule has 15 heavy (non-hydrogen) atoms. The van der Waals surface area contributed by atoms with E-state index in [1.54, 1.807) is 24.3 Å². The normalized spacial score (nSPS) is 16.0. The molecule has 2 unspecified atom stereocenters. The molecule has 6 heteroatoms. The van der Waals surface area contributed by atoms with Crippen molar-refractivity contribution < 1.29 is 13.5 Å². The number of alkyl halides is 1. The maximum atomic E-state index is 11.2. The summed E-state index contributed by atoms with van der Waals surface area (Å²) in [7, 11) is -3.33. The van der Waals surface area contributed by atoms with Gasteiger partial charge in [-0.15, -0.1) is 0 Å². The topological polar surface area (TPSA) is 54.4 Å². The maximum Gasteiger partial charge on any atom is 0.163 e. The van der Waals surface area contributed by atoms with Crippen LogP contribution in [0.1, 0.15) is 11.7 Å². The van der Waals surface area contributed by atoms with Crippen molar-refractivity contribution in [2.45, 2.75) is 10.3 Å². The Bertz CT molecular complexity index is 429. The first-order valence-electron chi connectivity index (χ1n) is 4.09. The minimum absolute atomic E-state index is 0.506. The summed E-state index contributed by atoms with van der Waals surface area (Å²) in [6.45, 7) is 0. The van der Waals surface area contributed by atoms with Crippen molar-refractivity contribution in [2.24, 2.45) is 0 Å². The van der Waals surface area contributed by atoms with Gasteiger partial charge >= 0.3 is 0 Å². The second kappa shape index (κ2) is 4.82. The van der Waals surface area contributed by atoms with Gasteiger partial charge in [0.2, 0.25) is 0 Å². The molecule has 0 fully saturated rings. The number of benzene rings is 1. The van der Waals surface area contributed by atoms with E-state index >= 15 is 0 Å². The summed E-state index contributed by atoms with van der Waals surface area (Å²) in [5, 5.41) is 10.3. The highest BCUT2D eigenvalue weighted by atomic mass is 79.9. The molecule has 2 atom stereocenters. The fraction of sp³-hybridized carbons (Fsp3) is 0.333. The highest BCUT2D eigenvalue weighted by Crippen LogP contribution is 2.26. The van der Waals surface area contributed by atoms with E-state index in [-0.39, 0.29) is 0 Å². The van der Waals surface area contributed by atoms with Crippen molar-refractivity contribution >= 4 is 37.4 Å². The molecule has 0 saturated carbocycles. The molecule has 0 saturated heterocycles. The van der Waals surface area contributed by atoms with Crippen molar-refractivity contribution in [2.75, 3.05) is 6.26 Å². The van der Waals surface area contributed by atoms with E-state index < -0.39 is 20.1 Å². The van der Waals surface area contributed by atoms with Crippen molar-refractivity contribution in [1.29, 1.82) is 0 Å². The number of aliphatic hydroxyl groups excluding tert-OH is 1. The summed E-state index contributed by atoms with van der Waals surface area (Å²) in [4.78, 5) is 0. The number of sulfone groups is 1. The van der Waals surface area contributed by atoms with Crippen LogP contribution in [0.5, 0.6) is 0 Å². The standard InChI is InChI=1S/C9H10BrClO3S/c1-15(13,14)9(10)8(12)6-2-4-7(11)5-3-6/h2-5,8-9,12H,1H3. The SMILES string of the molecule is CS(=O)(=O)C(Br)C(O)c1ccc(Cl)cc1. The average molecular weight is 314 g/mol. The van der Waals surface area contributed by atoms with Gasteiger partial charge in [-0.05, 0) is 17.7 Å². The van der Waals surface area contributed by atoms with E-state index in [4.69, 9.17) is 11.6 Å². The molecular weight excluding hydrogens is 304 g/mol. The molecule has 84 valence electrons. The predicted octanol–water partition coefficient (Wildman–Crippen LogP) is 2.14. The lowest BCUT2D eigenvalue weighted by Gasteiger charge is -2.15.